The van der Waals surface area contributed by atoms with Gasteiger partial charge in [-0.2, -0.15) is 0 Å². The Kier molecular flexibility index (Phi) is 7.16. The van der Waals surface area contributed by atoms with E-state index in [-0.39, 0.29) is 5.69 Å². The number of hydrogen-bond donors (Lipinski definition) is 0. The fourth-order valence-electron chi connectivity index (χ4n) is 2.55. The molecule has 0 saturated heterocycles. The number of nitro groups is 1. The second kappa shape index (κ2) is 9.37. The van der Waals surface area contributed by atoms with Crippen LogP contribution < -0.4 is 9.04 Å². The Hall–Kier alpha value is -3.14. The second-order valence-corrected chi connectivity index (χ2v) is 8.03. The number of ether oxygens (including phenoxy) is 2. The number of hydrogen-bond acceptors (Lipinski definition) is 7. The number of esters is 1. The molecule has 156 valence electrons. The Balaban J connectivity index is 2.54. The SMILES string of the molecule is CCOc1ccc(N(CC(=O)OC(C)C)S(=O)(=O)c2ccccc2[N+](=O)[O-])cc1. The predicted octanol–water partition coefficient (Wildman–Crippen LogP) is 3.14. The molecule has 0 N–H and O–H groups in total. The summed E-state index contributed by atoms with van der Waals surface area (Å²) >= 11 is 0. The summed E-state index contributed by atoms with van der Waals surface area (Å²) in [6.45, 7) is 4.87. The monoisotopic (exact) mass is 422 g/mol. The van der Waals surface area contributed by atoms with Gasteiger partial charge in [0.2, 0.25) is 0 Å². The van der Waals surface area contributed by atoms with Crippen LogP contribution in [0.5, 0.6) is 5.75 Å². The van der Waals surface area contributed by atoms with Crippen LogP contribution in [0.25, 0.3) is 0 Å². The maximum absolute atomic E-state index is 13.3. The quantitative estimate of drug-likeness (QED) is 0.346. The fourth-order valence-corrected chi connectivity index (χ4v) is 4.12. The molecule has 9 nitrogen and oxygen atoms in total. The molecule has 0 aliphatic heterocycles. The Morgan fingerprint density at radius 2 is 1.76 bits per heavy atom. The minimum Gasteiger partial charge on any atom is -0.494 e. The molecule has 0 aliphatic rings. The molecule has 0 unspecified atom stereocenters. The highest BCUT2D eigenvalue weighted by atomic mass is 32.2. The molecule has 2 aromatic carbocycles. The number of rotatable bonds is 9. The van der Waals surface area contributed by atoms with E-state index in [1.807, 2.05) is 0 Å². The molecule has 0 atom stereocenters. The highest BCUT2D eigenvalue weighted by Gasteiger charge is 2.33. The first-order valence-electron chi connectivity index (χ1n) is 8.85. The largest absolute Gasteiger partial charge is 0.494 e. The van der Waals surface area contributed by atoms with Crippen molar-refractivity contribution in [3.63, 3.8) is 0 Å². The Labute approximate surface area is 169 Å². The molecule has 0 radical (unpaired) electrons. The van der Waals surface area contributed by atoms with Crippen molar-refractivity contribution in [2.75, 3.05) is 17.5 Å². The lowest BCUT2D eigenvalue weighted by molar-refractivity contribution is -0.387. The van der Waals surface area contributed by atoms with Gasteiger partial charge in [-0.1, -0.05) is 12.1 Å². The fraction of sp³-hybridized carbons (Fsp3) is 0.316. The van der Waals surface area contributed by atoms with E-state index in [9.17, 15) is 23.3 Å². The van der Waals surface area contributed by atoms with Gasteiger partial charge in [-0.05, 0) is 51.1 Å². The molecule has 0 fully saturated rings. The van der Waals surface area contributed by atoms with Crippen LogP contribution in [0.4, 0.5) is 11.4 Å². The van der Waals surface area contributed by atoms with Gasteiger partial charge in [0, 0.05) is 6.07 Å². The number of sulfonamides is 1. The molecular formula is C19H22N2O7S. The summed E-state index contributed by atoms with van der Waals surface area (Å²) in [4.78, 5) is 22.2. The van der Waals surface area contributed by atoms with E-state index in [0.717, 1.165) is 16.4 Å². The van der Waals surface area contributed by atoms with Crippen LogP contribution in [0.1, 0.15) is 20.8 Å². The number of carbonyl (C=O) groups is 1. The number of nitrogens with zero attached hydrogens (tertiary/aromatic N) is 2. The van der Waals surface area contributed by atoms with Crippen molar-refractivity contribution in [3.05, 3.63) is 58.6 Å². The summed E-state index contributed by atoms with van der Waals surface area (Å²) < 4.78 is 37.7. The third kappa shape index (κ3) is 5.44. The van der Waals surface area contributed by atoms with Crippen LogP contribution in [0.3, 0.4) is 0 Å². The zero-order chi connectivity index (χ0) is 21.6. The van der Waals surface area contributed by atoms with Crippen molar-refractivity contribution in [1.82, 2.24) is 0 Å². The first-order chi connectivity index (χ1) is 13.7. The number of para-hydroxylation sites is 1. The molecule has 0 saturated carbocycles. The molecule has 10 heteroatoms. The Morgan fingerprint density at radius 3 is 2.31 bits per heavy atom. The lowest BCUT2D eigenvalue weighted by Crippen LogP contribution is -2.37. The van der Waals surface area contributed by atoms with E-state index < -0.39 is 44.1 Å². The summed E-state index contributed by atoms with van der Waals surface area (Å²) in [6.07, 6.45) is -0.446. The maximum Gasteiger partial charge on any atom is 0.327 e. The van der Waals surface area contributed by atoms with Crippen LogP contribution in [0.2, 0.25) is 0 Å². The Morgan fingerprint density at radius 1 is 1.14 bits per heavy atom. The van der Waals surface area contributed by atoms with Gasteiger partial charge < -0.3 is 9.47 Å². The van der Waals surface area contributed by atoms with Crippen LogP contribution in [0, 0.1) is 10.1 Å². The molecule has 29 heavy (non-hydrogen) atoms. The van der Waals surface area contributed by atoms with Crippen LogP contribution in [-0.4, -0.2) is 38.6 Å². The number of anilines is 1. The van der Waals surface area contributed by atoms with E-state index in [4.69, 9.17) is 9.47 Å². The average Bonchev–Trinajstić information content (AvgIpc) is 2.66. The summed E-state index contributed by atoms with van der Waals surface area (Å²) in [5, 5.41) is 11.3. The average molecular weight is 422 g/mol. The van der Waals surface area contributed by atoms with E-state index in [1.165, 1.54) is 24.3 Å². The highest BCUT2D eigenvalue weighted by Crippen LogP contribution is 2.30. The van der Waals surface area contributed by atoms with Gasteiger partial charge >= 0.3 is 5.97 Å². The number of nitro benzene ring substituents is 1. The molecule has 0 heterocycles. The van der Waals surface area contributed by atoms with Crippen molar-refractivity contribution in [3.8, 4) is 5.75 Å². The van der Waals surface area contributed by atoms with Gasteiger partial charge in [0.1, 0.15) is 12.3 Å². The normalized spacial score (nSPS) is 11.2. The second-order valence-electron chi connectivity index (χ2n) is 6.20. The van der Waals surface area contributed by atoms with Crippen molar-refractivity contribution < 1.29 is 27.6 Å². The van der Waals surface area contributed by atoms with E-state index in [0.29, 0.717) is 12.4 Å². The van der Waals surface area contributed by atoms with Gasteiger partial charge in [-0.15, -0.1) is 0 Å². The van der Waals surface area contributed by atoms with Gasteiger partial charge in [-0.25, -0.2) is 8.42 Å². The van der Waals surface area contributed by atoms with Crippen molar-refractivity contribution in [2.45, 2.75) is 31.8 Å². The summed E-state index contributed by atoms with van der Waals surface area (Å²) in [5.74, 6) is -0.264. The smallest absolute Gasteiger partial charge is 0.327 e. The van der Waals surface area contributed by atoms with Gasteiger partial charge in [0.15, 0.2) is 4.90 Å². The van der Waals surface area contributed by atoms with Crippen molar-refractivity contribution >= 4 is 27.4 Å². The molecule has 0 amide bonds. The van der Waals surface area contributed by atoms with Crippen molar-refractivity contribution in [2.24, 2.45) is 0 Å². The highest BCUT2D eigenvalue weighted by molar-refractivity contribution is 7.93. The van der Waals surface area contributed by atoms with Crippen LogP contribution >= 0.6 is 0 Å². The van der Waals surface area contributed by atoms with Gasteiger partial charge in [-0.3, -0.25) is 19.2 Å². The summed E-state index contributed by atoms with van der Waals surface area (Å²) in [5.41, 5.74) is -0.437. The number of carbonyl (C=O) groups excluding carboxylic acids is 1. The zero-order valence-electron chi connectivity index (χ0n) is 16.3. The lowest BCUT2D eigenvalue weighted by atomic mass is 10.3. The van der Waals surface area contributed by atoms with E-state index in [2.05, 4.69) is 0 Å². The third-order valence-electron chi connectivity index (χ3n) is 3.71. The molecule has 0 bridgehead atoms. The standard InChI is InChI=1S/C19H22N2O7S/c1-4-27-16-11-9-15(10-12-16)20(13-19(22)28-14(2)3)29(25,26)18-8-6-5-7-17(18)21(23)24/h5-12,14H,4,13H2,1-3H3. The minimum absolute atomic E-state index is 0.146. The zero-order valence-corrected chi connectivity index (χ0v) is 17.1. The first-order valence-corrected chi connectivity index (χ1v) is 10.3. The van der Waals surface area contributed by atoms with Crippen LogP contribution in [0.15, 0.2) is 53.4 Å². The van der Waals surface area contributed by atoms with Crippen molar-refractivity contribution in [1.29, 1.82) is 0 Å². The summed E-state index contributed by atoms with van der Waals surface area (Å²) in [6, 6.07) is 11.0. The van der Waals surface area contributed by atoms with Crippen LogP contribution in [-0.2, 0) is 19.6 Å². The van der Waals surface area contributed by atoms with Gasteiger partial charge in [0.25, 0.3) is 15.7 Å². The maximum atomic E-state index is 13.3. The summed E-state index contributed by atoms with van der Waals surface area (Å²) in [7, 11) is -4.44. The molecule has 2 rings (SSSR count). The molecule has 0 aliphatic carbocycles. The topological polar surface area (TPSA) is 116 Å². The molecule has 0 aromatic heterocycles. The molecule has 0 spiro atoms. The molecule has 2 aromatic rings. The van der Waals surface area contributed by atoms with E-state index in [1.54, 1.807) is 32.9 Å². The predicted molar refractivity (Wildman–Crippen MR) is 106 cm³/mol. The third-order valence-corrected chi connectivity index (χ3v) is 5.53. The minimum atomic E-state index is -4.44. The van der Waals surface area contributed by atoms with E-state index >= 15 is 0 Å². The molecular weight excluding hydrogens is 400 g/mol. The Bertz CT molecular complexity index is 972. The van der Waals surface area contributed by atoms with Gasteiger partial charge in [0.05, 0.1) is 23.3 Å². The lowest BCUT2D eigenvalue weighted by Gasteiger charge is -2.24. The first kappa shape index (κ1) is 22.2. The number of benzene rings is 2.